The Bertz CT molecular complexity index is 745. The summed E-state index contributed by atoms with van der Waals surface area (Å²) in [5, 5.41) is 2.83. The van der Waals surface area contributed by atoms with Crippen molar-refractivity contribution < 1.29 is 9.59 Å². The number of carbonyl (C=O) groups excluding carboxylic acids is 2. The fraction of sp³-hybridized carbons (Fsp3) is 0.176. The molecule has 0 spiro atoms. The van der Waals surface area contributed by atoms with Crippen LogP contribution in [0.15, 0.2) is 51.8 Å². The van der Waals surface area contributed by atoms with Gasteiger partial charge in [-0.25, -0.2) is 0 Å². The summed E-state index contributed by atoms with van der Waals surface area (Å²) in [7, 11) is 0. The molecule has 112 valence electrons. The largest absolute Gasteiger partial charge is 0.326 e. The van der Waals surface area contributed by atoms with E-state index in [4.69, 9.17) is 0 Å². The topological polar surface area (TPSA) is 46.2 Å². The predicted molar refractivity (Wildman–Crippen MR) is 92.6 cm³/mol. The van der Waals surface area contributed by atoms with E-state index >= 15 is 0 Å². The van der Waals surface area contributed by atoms with Crippen molar-refractivity contribution in [2.75, 3.05) is 11.1 Å². The lowest BCUT2D eigenvalue weighted by Gasteiger charge is -2.17. The Hall–Kier alpha value is -1.59. The summed E-state index contributed by atoms with van der Waals surface area (Å²) in [4.78, 5) is 24.8. The number of halogens is 1. The normalized spacial score (nSPS) is 13.4. The van der Waals surface area contributed by atoms with Crippen LogP contribution in [0.2, 0.25) is 0 Å². The maximum absolute atomic E-state index is 12.4. The number of thioether (sulfide) groups is 1. The predicted octanol–water partition coefficient (Wildman–Crippen LogP) is 4.31. The molecule has 1 aliphatic heterocycles. The highest BCUT2D eigenvalue weighted by Gasteiger charge is 2.16. The van der Waals surface area contributed by atoms with E-state index in [1.54, 1.807) is 6.07 Å². The zero-order chi connectivity index (χ0) is 15.5. The average molecular weight is 376 g/mol. The maximum Gasteiger partial charge on any atom is 0.224 e. The minimum absolute atomic E-state index is 0.0380. The zero-order valence-corrected chi connectivity index (χ0v) is 14.2. The molecule has 5 heteroatoms. The highest BCUT2D eigenvalue weighted by molar-refractivity contribution is 9.10. The lowest BCUT2D eigenvalue weighted by Crippen LogP contribution is -2.19. The molecule has 2 aromatic rings. The van der Waals surface area contributed by atoms with Crippen molar-refractivity contribution in [1.29, 1.82) is 0 Å². The number of rotatable bonds is 4. The molecule has 1 aliphatic rings. The van der Waals surface area contributed by atoms with Gasteiger partial charge in [0.05, 0.1) is 5.75 Å². The number of aryl methyl sites for hydroxylation is 1. The average Bonchev–Trinajstić information content (AvgIpc) is 2.53. The van der Waals surface area contributed by atoms with Gasteiger partial charge < -0.3 is 5.32 Å². The quantitative estimate of drug-likeness (QED) is 0.639. The van der Waals surface area contributed by atoms with E-state index in [2.05, 4.69) is 21.2 Å². The van der Waals surface area contributed by atoms with Crippen molar-refractivity contribution in [2.24, 2.45) is 0 Å². The lowest BCUT2D eigenvalue weighted by molar-refractivity contribution is -0.116. The molecule has 3 nitrogen and oxygen atoms in total. The van der Waals surface area contributed by atoms with Gasteiger partial charge in [0, 0.05) is 27.0 Å². The van der Waals surface area contributed by atoms with Crippen LogP contribution in [0.4, 0.5) is 5.69 Å². The first-order chi connectivity index (χ1) is 10.6. The molecule has 0 aliphatic carbocycles. The van der Waals surface area contributed by atoms with Crippen molar-refractivity contribution in [3.05, 3.63) is 58.1 Å². The summed E-state index contributed by atoms with van der Waals surface area (Å²) < 4.78 is 1.00. The Labute approximate surface area is 141 Å². The SMILES string of the molecule is O=C1CCc2cc(C(=O)CSc3ccccc3Br)ccc2N1. The van der Waals surface area contributed by atoms with Crippen LogP contribution in [0, 0.1) is 0 Å². The standard InChI is InChI=1S/C17H14BrNO2S/c18-13-3-1-2-4-16(13)22-10-15(20)12-5-7-14-11(9-12)6-8-17(21)19-14/h1-5,7,9H,6,8,10H2,(H,19,21). The molecule has 0 aromatic heterocycles. The van der Waals surface area contributed by atoms with E-state index in [0.717, 1.165) is 20.6 Å². The van der Waals surface area contributed by atoms with E-state index in [1.807, 2.05) is 36.4 Å². The van der Waals surface area contributed by atoms with Crippen LogP contribution in [-0.4, -0.2) is 17.4 Å². The molecular formula is C17H14BrNO2S. The molecule has 0 bridgehead atoms. The minimum Gasteiger partial charge on any atom is -0.326 e. The van der Waals surface area contributed by atoms with Crippen LogP contribution in [0.25, 0.3) is 0 Å². The van der Waals surface area contributed by atoms with Gasteiger partial charge in [0.15, 0.2) is 5.78 Å². The molecule has 0 unspecified atom stereocenters. The number of hydrogen-bond acceptors (Lipinski definition) is 3. The first-order valence-electron chi connectivity index (χ1n) is 6.97. The molecule has 1 heterocycles. The Kier molecular flexibility index (Phi) is 4.64. The number of amides is 1. The monoisotopic (exact) mass is 375 g/mol. The second-order valence-corrected chi connectivity index (χ2v) is 6.93. The summed E-state index contributed by atoms with van der Waals surface area (Å²) in [6.45, 7) is 0. The third kappa shape index (κ3) is 3.42. The summed E-state index contributed by atoms with van der Waals surface area (Å²) in [5.74, 6) is 0.532. The first-order valence-corrected chi connectivity index (χ1v) is 8.74. The lowest BCUT2D eigenvalue weighted by atomic mass is 9.99. The van der Waals surface area contributed by atoms with Gasteiger partial charge in [-0.1, -0.05) is 12.1 Å². The molecule has 0 radical (unpaired) electrons. The third-order valence-electron chi connectivity index (χ3n) is 3.52. The van der Waals surface area contributed by atoms with Gasteiger partial charge in [-0.3, -0.25) is 9.59 Å². The third-order valence-corrected chi connectivity index (χ3v) is 5.55. The molecule has 0 saturated heterocycles. The molecule has 1 amide bonds. The second-order valence-electron chi connectivity index (χ2n) is 5.06. The van der Waals surface area contributed by atoms with Crippen LogP contribution in [0.3, 0.4) is 0 Å². The van der Waals surface area contributed by atoms with Gasteiger partial charge in [-0.15, -0.1) is 11.8 Å². The number of ketones is 1. The van der Waals surface area contributed by atoms with E-state index < -0.39 is 0 Å². The van der Waals surface area contributed by atoms with Crippen molar-refractivity contribution >= 4 is 45.1 Å². The van der Waals surface area contributed by atoms with Crippen molar-refractivity contribution in [1.82, 2.24) is 0 Å². The number of carbonyl (C=O) groups is 2. The van der Waals surface area contributed by atoms with Gasteiger partial charge in [-0.2, -0.15) is 0 Å². The molecule has 22 heavy (non-hydrogen) atoms. The number of nitrogens with one attached hydrogen (secondary N) is 1. The van der Waals surface area contributed by atoms with Gasteiger partial charge in [-0.05, 0) is 58.2 Å². The fourth-order valence-corrected chi connectivity index (χ4v) is 3.81. The fourth-order valence-electron chi connectivity index (χ4n) is 2.35. The molecule has 3 rings (SSSR count). The molecular weight excluding hydrogens is 362 g/mol. The number of Topliss-reactive ketones (excluding diaryl/α,β-unsaturated/α-hetero) is 1. The second kappa shape index (κ2) is 6.67. The molecule has 1 N–H and O–H groups in total. The smallest absolute Gasteiger partial charge is 0.224 e. The van der Waals surface area contributed by atoms with Crippen molar-refractivity contribution in [3.8, 4) is 0 Å². The maximum atomic E-state index is 12.4. The van der Waals surface area contributed by atoms with Crippen LogP contribution < -0.4 is 5.32 Å². The Morgan fingerprint density at radius 1 is 1.18 bits per heavy atom. The number of fused-ring (bicyclic) bond motifs is 1. The summed E-state index contributed by atoms with van der Waals surface area (Å²) >= 11 is 5.01. The van der Waals surface area contributed by atoms with E-state index in [1.165, 1.54) is 11.8 Å². The van der Waals surface area contributed by atoms with E-state index in [-0.39, 0.29) is 11.7 Å². The van der Waals surface area contributed by atoms with Gasteiger partial charge >= 0.3 is 0 Å². The van der Waals surface area contributed by atoms with Crippen LogP contribution in [0.5, 0.6) is 0 Å². The van der Waals surface area contributed by atoms with Crippen molar-refractivity contribution in [2.45, 2.75) is 17.7 Å². The van der Waals surface area contributed by atoms with Crippen molar-refractivity contribution in [3.63, 3.8) is 0 Å². The number of hydrogen-bond donors (Lipinski definition) is 1. The van der Waals surface area contributed by atoms with Crippen LogP contribution in [0.1, 0.15) is 22.3 Å². The molecule has 0 atom stereocenters. The molecule has 2 aromatic carbocycles. The summed E-state index contributed by atoms with van der Waals surface area (Å²) in [6.07, 6.45) is 1.18. The van der Waals surface area contributed by atoms with Gasteiger partial charge in [0.2, 0.25) is 5.91 Å². The molecule has 0 saturated carbocycles. The number of benzene rings is 2. The zero-order valence-electron chi connectivity index (χ0n) is 11.8. The van der Waals surface area contributed by atoms with Gasteiger partial charge in [0.1, 0.15) is 0 Å². The van der Waals surface area contributed by atoms with E-state index in [9.17, 15) is 9.59 Å². The first kappa shape index (κ1) is 15.3. The summed E-state index contributed by atoms with van der Waals surface area (Å²) in [6, 6.07) is 13.4. The van der Waals surface area contributed by atoms with E-state index in [0.29, 0.717) is 24.2 Å². The van der Waals surface area contributed by atoms with Crippen LogP contribution >= 0.6 is 27.7 Å². The number of anilines is 1. The van der Waals surface area contributed by atoms with Gasteiger partial charge in [0.25, 0.3) is 0 Å². The summed E-state index contributed by atoms with van der Waals surface area (Å²) in [5.41, 5.74) is 2.57. The highest BCUT2D eigenvalue weighted by Crippen LogP contribution is 2.28. The molecule has 0 fully saturated rings. The van der Waals surface area contributed by atoms with Crippen LogP contribution in [-0.2, 0) is 11.2 Å². The Morgan fingerprint density at radius 3 is 2.82 bits per heavy atom. The minimum atomic E-state index is 0.0380. The Morgan fingerprint density at radius 2 is 2.00 bits per heavy atom. The highest BCUT2D eigenvalue weighted by atomic mass is 79.9. The Balaban J connectivity index is 1.70.